The number of esters is 2. The Balaban J connectivity index is 1.84. The number of hydrogen-bond acceptors (Lipinski definition) is 8. The number of fused-ring (bicyclic) bond motifs is 2. The van der Waals surface area contributed by atoms with Crippen molar-refractivity contribution in [1.82, 2.24) is 10.6 Å². The van der Waals surface area contributed by atoms with Gasteiger partial charge in [-0.3, -0.25) is 0 Å². The molecule has 0 spiro atoms. The number of nitrogens with one attached hydrogen (secondary N) is 2. The van der Waals surface area contributed by atoms with E-state index in [-0.39, 0.29) is 36.9 Å². The summed E-state index contributed by atoms with van der Waals surface area (Å²) in [7, 11) is 0. The van der Waals surface area contributed by atoms with Gasteiger partial charge in [0.05, 0.1) is 13.2 Å². The molecule has 10 nitrogen and oxygen atoms in total. The Morgan fingerprint density at radius 3 is 1.40 bits per heavy atom. The Bertz CT molecular complexity index is 760. The van der Waals surface area contributed by atoms with Crippen molar-refractivity contribution in [3.8, 4) is 0 Å². The summed E-state index contributed by atoms with van der Waals surface area (Å²) in [6.45, 7) is 13.8. The van der Waals surface area contributed by atoms with Crippen molar-refractivity contribution < 1.29 is 38.1 Å². The first-order chi connectivity index (χ1) is 16.1. The number of alkyl carbamates (subject to hydrolysis) is 2. The second kappa shape index (κ2) is 11.3. The summed E-state index contributed by atoms with van der Waals surface area (Å²) in [6, 6.07) is -1.73. The lowest BCUT2D eigenvalue weighted by Gasteiger charge is -2.28. The van der Waals surface area contributed by atoms with Crippen LogP contribution in [0.1, 0.15) is 61.8 Å². The van der Waals surface area contributed by atoms with Crippen molar-refractivity contribution in [3.05, 3.63) is 12.2 Å². The van der Waals surface area contributed by atoms with Crippen LogP contribution < -0.4 is 10.6 Å². The molecule has 1 fully saturated rings. The zero-order chi connectivity index (χ0) is 26.6. The van der Waals surface area contributed by atoms with Crippen LogP contribution in [-0.4, -0.2) is 60.6 Å². The molecule has 6 atom stereocenters. The van der Waals surface area contributed by atoms with E-state index in [1.807, 2.05) is 0 Å². The molecule has 0 heterocycles. The van der Waals surface area contributed by atoms with Crippen LogP contribution in [0.15, 0.2) is 12.2 Å². The third-order valence-corrected chi connectivity index (χ3v) is 5.81. The van der Waals surface area contributed by atoms with Crippen LogP contribution >= 0.6 is 0 Å². The van der Waals surface area contributed by atoms with Crippen LogP contribution in [0.2, 0.25) is 0 Å². The molecule has 2 amide bonds. The number of carbonyl (C=O) groups excluding carboxylic acids is 4. The molecule has 1 saturated carbocycles. The number of hydrogen-bond donors (Lipinski definition) is 2. The average Bonchev–Trinajstić information content (AvgIpc) is 3.28. The molecule has 35 heavy (non-hydrogen) atoms. The van der Waals surface area contributed by atoms with Crippen LogP contribution in [0.4, 0.5) is 9.59 Å². The Morgan fingerprint density at radius 1 is 0.743 bits per heavy atom. The lowest BCUT2D eigenvalue weighted by Crippen LogP contribution is -2.43. The molecule has 0 aromatic rings. The van der Waals surface area contributed by atoms with E-state index in [9.17, 15) is 19.2 Å². The highest BCUT2D eigenvalue weighted by Crippen LogP contribution is 2.48. The summed E-state index contributed by atoms with van der Waals surface area (Å²) in [6.07, 6.45) is 3.74. The molecule has 0 aromatic carbocycles. The topological polar surface area (TPSA) is 129 Å². The van der Waals surface area contributed by atoms with Gasteiger partial charge in [0.15, 0.2) is 0 Å². The predicted octanol–water partition coefficient (Wildman–Crippen LogP) is 3.34. The normalized spacial score (nSPS) is 24.8. The number of ether oxygens (including phenoxy) is 4. The lowest BCUT2D eigenvalue weighted by molar-refractivity contribution is -0.151. The van der Waals surface area contributed by atoms with E-state index in [4.69, 9.17) is 18.9 Å². The highest BCUT2D eigenvalue weighted by molar-refractivity contribution is 5.81. The molecule has 2 rings (SSSR count). The summed E-state index contributed by atoms with van der Waals surface area (Å²) >= 11 is 0. The maximum absolute atomic E-state index is 12.4. The minimum Gasteiger partial charge on any atom is -0.464 e. The fourth-order valence-electron chi connectivity index (χ4n) is 4.21. The zero-order valence-electron chi connectivity index (χ0n) is 22.0. The molecule has 2 aliphatic rings. The third kappa shape index (κ3) is 9.07. The summed E-state index contributed by atoms with van der Waals surface area (Å²) < 4.78 is 21.3. The van der Waals surface area contributed by atoms with Crippen molar-refractivity contribution in [2.24, 2.45) is 23.7 Å². The average molecular weight is 497 g/mol. The van der Waals surface area contributed by atoms with Gasteiger partial charge < -0.3 is 29.6 Å². The molecule has 198 valence electrons. The first kappa shape index (κ1) is 28.5. The van der Waals surface area contributed by atoms with Crippen LogP contribution in [0.5, 0.6) is 0 Å². The van der Waals surface area contributed by atoms with Crippen molar-refractivity contribution >= 4 is 24.1 Å². The Labute approximate surface area is 207 Å². The standard InChI is InChI=1S/C25H40N2O8/c1-14(26-22(30)34-24(3,4)5)20(28)32-12-18-16-9-10-17(11-16)19(18)13-33-21(29)15(2)27-23(31)35-25(6,7)8/h9-10,14-19H,11-13H2,1-8H3,(H,26,30)(H,27,31)/t14-,15-,16-,17+,18-,19+/m0/s1. The third-order valence-electron chi connectivity index (χ3n) is 5.81. The summed E-state index contributed by atoms with van der Waals surface area (Å²) in [5.74, 6) is -0.692. The molecule has 0 aromatic heterocycles. The minimum absolute atomic E-state index is 0.00963. The van der Waals surface area contributed by atoms with Gasteiger partial charge in [-0.05, 0) is 73.6 Å². The SMILES string of the molecule is C[C@H](NC(=O)OC(C)(C)C)C(=O)OC[C@@H]1[C@H](COC(=O)[C@H](C)NC(=O)OC(C)(C)C)[C@@H]2C=C[C@H]1C2. The van der Waals surface area contributed by atoms with Crippen LogP contribution in [0, 0.1) is 23.7 Å². The number of allylic oxidation sites excluding steroid dienone is 2. The van der Waals surface area contributed by atoms with Gasteiger partial charge in [-0.2, -0.15) is 0 Å². The van der Waals surface area contributed by atoms with Gasteiger partial charge in [-0.25, -0.2) is 19.2 Å². The van der Waals surface area contributed by atoms with E-state index in [2.05, 4.69) is 22.8 Å². The van der Waals surface area contributed by atoms with Gasteiger partial charge in [0.25, 0.3) is 0 Å². The molecule has 0 aliphatic heterocycles. The number of rotatable bonds is 8. The number of amides is 2. The van der Waals surface area contributed by atoms with Crippen LogP contribution in [-0.2, 0) is 28.5 Å². The van der Waals surface area contributed by atoms with E-state index in [0.717, 1.165) is 6.42 Å². The molecular weight excluding hydrogens is 456 g/mol. The fraction of sp³-hybridized carbons (Fsp3) is 0.760. The highest BCUT2D eigenvalue weighted by atomic mass is 16.6. The zero-order valence-corrected chi connectivity index (χ0v) is 22.0. The number of carbonyl (C=O) groups is 4. The summed E-state index contributed by atoms with van der Waals surface area (Å²) in [5, 5.41) is 4.95. The molecular formula is C25H40N2O8. The predicted molar refractivity (Wildman–Crippen MR) is 127 cm³/mol. The Hall–Kier alpha value is -2.78. The Kier molecular flexibility index (Phi) is 9.19. The molecule has 2 N–H and O–H groups in total. The largest absolute Gasteiger partial charge is 0.464 e. The van der Waals surface area contributed by atoms with Gasteiger partial charge >= 0.3 is 24.1 Å². The molecule has 2 bridgehead atoms. The van der Waals surface area contributed by atoms with Crippen LogP contribution in [0.25, 0.3) is 0 Å². The van der Waals surface area contributed by atoms with Gasteiger partial charge in [0.2, 0.25) is 0 Å². The van der Waals surface area contributed by atoms with E-state index >= 15 is 0 Å². The maximum Gasteiger partial charge on any atom is 0.408 e. The monoisotopic (exact) mass is 496 g/mol. The quantitative estimate of drug-likeness (QED) is 0.297. The molecule has 10 heteroatoms. The molecule has 0 radical (unpaired) electrons. The van der Waals surface area contributed by atoms with Gasteiger partial charge in [-0.15, -0.1) is 0 Å². The highest BCUT2D eigenvalue weighted by Gasteiger charge is 2.45. The van der Waals surface area contributed by atoms with Crippen molar-refractivity contribution in [3.63, 3.8) is 0 Å². The smallest absolute Gasteiger partial charge is 0.408 e. The first-order valence-corrected chi connectivity index (χ1v) is 12.1. The first-order valence-electron chi connectivity index (χ1n) is 12.1. The molecule has 2 aliphatic carbocycles. The summed E-state index contributed by atoms with van der Waals surface area (Å²) in [4.78, 5) is 48.6. The summed E-state index contributed by atoms with van der Waals surface area (Å²) in [5.41, 5.74) is -1.35. The molecule has 0 saturated heterocycles. The minimum atomic E-state index is -0.866. The van der Waals surface area contributed by atoms with Gasteiger partial charge in [0.1, 0.15) is 23.3 Å². The second-order valence-electron chi connectivity index (χ2n) is 11.3. The fourth-order valence-corrected chi connectivity index (χ4v) is 4.21. The van der Waals surface area contributed by atoms with Crippen LogP contribution in [0.3, 0.4) is 0 Å². The van der Waals surface area contributed by atoms with Gasteiger partial charge in [0, 0.05) is 11.8 Å². The molecule has 0 unspecified atom stereocenters. The van der Waals surface area contributed by atoms with E-state index in [1.54, 1.807) is 41.5 Å². The Morgan fingerprint density at radius 2 is 1.09 bits per heavy atom. The van der Waals surface area contributed by atoms with E-state index in [1.165, 1.54) is 13.8 Å². The van der Waals surface area contributed by atoms with Crippen molar-refractivity contribution in [2.75, 3.05) is 13.2 Å². The second-order valence-corrected chi connectivity index (χ2v) is 11.3. The van der Waals surface area contributed by atoms with E-state index < -0.39 is 47.4 Å². The van der Waals surface area contributed by atoms with Crippen molar-refractivity contribution in [2.45, 2.75) is 85.1 Å². The van der Waals surface area contributed by atoms with E-state index in [0.29, 0.717) is 0 Å². The lowest BCUT2D eigenvalue weighted by atomic mass is 9.84. The maximum atomic E-state index is 12.4. The van der Waals surface area contributed by atoms with Crippen molar-refractivity contribution in [1.29, 1.82) is 0 Å². The van der Waals surface area contributed by atoms with Gasteiger partial charge in [-0.1, -0.05) is 12.2 Å².